The van der Waals surface area contributed by atoms with E-state index < -0.39 is 27.3 Å². The van der Waals surface area contributed by atoms with E-state index in [1.807, 2.05) is 24.3 Å². The van der Waals surface area contributed by atoms with Crippen molar-refractivity contribution in [1.82, 2.24) is 4.98 Å². The maximum absolute atomic E-state index is 13.0. The van der Waals surface area contributed by atoms with Gasteiger partial charge in [-0.05, 0) is 48.5 Å². The van der Waals surface area contributed by atoms with Gasteiger partial charge in [0.1, 0.15) is 16.6 Å². The van der Waals surface area contributed by atoms with Crippen molar-refractivity contribution in [3.8, 4) is 16.3 Å². The molecule has 3 aromatic carbocycles. The number of fused-ring (bicyclic) bond motifs is 1. The number of halogens is 1. The number of phenolic OH excluding ortho intramolecular Hbond substituents is 1. The molecule has 6 nitrogen and oxygen atoms in total. The van der Waals surface area contributed by atoms with Crippen molar-refractivity contribution in [2.45, 2.75) is 11.3 Å². The second-order valence-electron chi connectivity index (χ2n) is 6.79. The van der Waals surface area contributed by atoms with Crippen LogP contribution in [0.4, 0.5) is 10.1 Å². The summed E-state index contributed by atoms with van der Waals surface area (Å²) in [5.41, 5.74) is 1.71. The molecule has 0 saturated carbocycles. The Balaban J connectivity index is 1.43. The number of carbonyl (C=O) groups is 1. The highest BCUT2D eigenvalue weighted by Gasteiger charge is 2.17. The molecule has 1 heterocycles. The van der Waals surface area contributed by atoms with Gasteiger partial charge >= 0.3 is 0 Å². The molecule has 0 unspecified atom stereocenters. The molecule has 0 aliphatic heterocycles. The van der Waals surface area contributed by atoms with Gasteiger partial charge in [0.2, 0.25) is 5.91 Å². The van der Waals surface area contributed by atoms with Gasteiger partial charge in [-0.1, -0.05) is 12.1 Å². The molecule has 158 valence electrons. The number of anilines is 1. The van der Waals surface area contributed by atoms with Gasteiger partial charge in [-0.15, -0.1) is 11.3 Å². The first-order valence-electron chi connectivity index (χ1n) is 9.29. The lowest BCUT2D eigenvalue weighted by Gasteiger charge is -2.08. The number of nitrogens with one attached hydrogen (secondary N) is 1. The van der Waals surface area contributed by atoms with Gasteiger partial charge < -0.3 is 10.4 Å². The van der Waals surface area contributed by atoms with E-state index >= 15 is 0 Å². The lowest BCUT2D eigenvalue weighted by Crippen LogP contribution is -2.17. The molecule has 0 aliphatic rings. The van der Waals surface area contributed by atoms with Gasteiger partial charge in [0.05, 0.1) is 26.4 Å². The van der Waals surface area contributed by atoms with Crippen LogP contribution in [-0.2, 0) is 14.6 Å². The largest absolute Gasteiger partial charge is 0.507 e. The molecule has 9 heteroatoms. The van der Waals surface area contributed by atoms with Crippen LogP contribution in [0.2, 0.25) is 0 Å². The first-order valence-corrected chi connectivity index (χ1v) is 11.8. The number of amides is 1. The quantitative estimate of drug-likeness (QED) is 0.413. The van der Waals surface area contributed by atoms with Crippen molar-refractivity contribution in [3.63, 3.8) is 0 Å². The number of nitrogens with zero attached hydrogens (tertiary/aromatic N) is 1. The second kappa shape index (κ2) is 8.44. The van der Waals surface area contributed by atoms with E-state index in [9.17, 15) is 22.7 Å². The monoisotopic (exact) mass is 456 g/mol. The number of aromatic hydroxyl groups is 1. The number of benzene rings is 3. The molecule has 4 aromatic rings. The predicted octanol–water partition coefficient (Wildman–Crippen LogP) is 4.61. The Hall–Kier alpha value is -3.30. The van der Waals surface area contributed by atoms with Crippen LogP contribution in [0.15, 0.2) is 71.6 Å². The fourth-order valence-corrected chi connectivity index (χ4v) is 5.23. The molecule has 2 N–H and O–H groups in total. The fourth-order valence-electron chi connectivity index (χ4n) is 2.99. The number of hydrogen-bond donors (Lipinski definition) is 2. The Labute approximate surface area is 181 Å². The summed E-state index contributed by atoms with van der Waals surface area (Å²) in [7, 11) is -3.71. The average molecular weight is 457 g/mol. The number of rotatable bonds is 6. The molecule has 0 radical (unpaired) electrons. The molecule has 0 aliphatic carbocycles. The number of aromatic nitrogens is 1. The van der Waals surface area contributed by atoms with Gasteiger partial charge in [-0.3, -0.25) is 4.79 Å². The zero-order valence-electron chi connectivity index (χ0n) is 16.1. The zero-order chi connectivity index (χ0) is 22.0. The van der Waals surface area contributed by atoms with E-state index in [4.69, 9.17) is 0 Å². The number of phenols is 1. The molecule has 0 atom stereocenters. The minimum atomic E-state index is -3.71. The van der Waals surface area contributed by atoms with Gasteiger partial charge in [-0.2, -0.15) is 0 Å². The SMILES string of the molecule is O=C(CCS(=O)(=O)c1ccc(F)cc1)Nc1ccc(-c2nc3ccccc3s2)c(O)c1. The van der Waals surface area contributed by atoms with Crippen LogP contribution in [0.5, 0.6) is 5.75 Å². The van der Waals surface area contributed by atoms with Crippen LogP contribution >= 0.6 is 11.3 Å². The first kappa shape index (κ1) is 21.0. The van der Waals surface area contributed by atoms with E-state index in [0.717, 1.165) is 22.3 Å². The minimum absolute atomic E-state index is 0.0421. The molecule has 4 rings (SSSR count). The molecule has 1 aromatic heterocycles. The standard InChI is InChI=1S/C22H17FN2O4S2/c23-14-5-8-16(9-6-14)31(28,29)12-11-21(27)24-15-7-10-17(19(26)13-15)22-25-18-3-1-2-4-20(18)30-22/h1-10,13,26H,11-12H2,(H,24,27). The summed E-state index contributed by atoms with van der Waals surface area (Å²) in [5.74, 6) is -1.51. The predicted molar refractivity (Wildman–Crippen MR) is 118 cm³/mol. The third-order valence-electron chi connectivity index (χ3n) is 4.58. The molecular formula is C22H17FN2O4S2. The molecular weight excluding hydrogens is 439 g/mol. The van der Waals surface area contributed by atoms with Crippen LogP contribution in [0.25, 0.3) is 20.8 Å². The number of para-hydroxylation sites is 1. The maximum Gasteiger partial charge on any atom is 0.225 e. The van der Waals surface area contributed by atoms with Crippen molar-refractivity contribution in [2.24, 2.45) is 0 Å². The Morgan fingerprint density at radius 1 is 1.06 bits per heavy atom. The van der Waals surface area contributed by atoms with E-state index in [-0.39, 0.29) is 17.1 Å². The van der Waals surface area contributed by atoms with Crippen LogP contribution in [0.1, 0.15) is 6.42 Å². The number of thiazole rings is 1. The van der Waals surface area contributed by atoms with Crippen molar-refractivity contribution >= 4 is 43.0 Å². The maximum atomic E-state index is 13.0. The Morgan fingerprint density at radius 3 is 2.52 bits per heavy atom. The van der Waals surface area contributed by atoms with Crippen LogP contribution in [0, 0.1) is 5.82 Å². The average Bonchev–Trinajstić information content (AvgIpc) is 3.17. The normalized spacial score (nSPS) is 11.5. The molecule has 1 amide bonds. The molecule has 0 fully saturated rings. The van der Waals surface area contributed by atoms with Gasteiger partial charge in [0.25, 0.3) is 0 Å². The minimum Gasteiger partial charge on any atom is -0.507 e. The summed E-state index contributed by atoms with van der Waals surface area (Å²) in [6.07, 6.45) is -0.278. The molecule has 0 spiro atoms. The van der Waals surface area contributed by atoms with E-state index in [2.05, 4.69) is 10.3 Å². The summed E-state index contributed by atoms with van der Waals surface area (Å²) >= 11 is 1.45. The Bertz CT molecular complexity index is 1330. The van der Waals surface area contributed by atoms with Gasteiger partial charge in [0, 0.05) is 18.2 Å². The summed E-state index contributed by atoms with van der Waals surface area (Å²) in [4.78, 5) is 16.7. The van der Waals surface area contributed by atoms with Crippen LogP contribution in [-0.4, -0.2) is 30.2 Å². The molecule has 0 saturated heterocycles. The topological polar surface area (TPSA) is 96.4 Å². The fraction of sp³-hybridized carbons (Fsp3) is 0.0909. The van der Waals surface area contributed by atoms with E-state index in [1.54, 1.807) is 12.1 Å². The van der Waals surface area contributed by atoms with E-state index in [0.29, 0.717) is 16.3 Å². The smallest absolute Gasteiger partial charge is 0.225 e. The third kappa shape index (κ3) is 4.73. The van der Waals surface area contributed by atoms with Crippen LogP contribution < -0.4 is 5.32 Å². The number of sulfone groups is 1. The second-order valence-corrected chi connectivity index (χ2v) is 9.93. The lowest BCUT2D eigenvalue weighted by atomic mass is 10.2. The van der Waals surface area contributed by atoms with Crippen molar-refractivity contribution in [3.05, 3.63) is 72.5 Å². The highest BCUT2D eigenvalue weighted by molar-refractivity contribution is 7.91. The summed E-state index contributed by atoms with van der Waals surface area (Å²) in [6, 6.07) is 16.8. The van der Waals surface area contributed by atoms with E-state index in [1.165, 1.54) is 29.5 Å². The highest BCUT2D eigenvalue weighted by atomic mass is 32.2. The summed E-state index contributed by atoms with van der Waals surface area (Å²) in [5, 5.41) is 13.6. The summed E-state index contributed by atoms with van der Waals surface area (Å²) in [6.45, 7) is 0. The lowest BCUT2D eigenvalue weighted by molar-refractivity contribution is -0.115. The van der Waals surface area contributed by atoms with Crippen molar-refractivity contribution in [2.75, 3.05) is 11.1 Å². The number of hydrogen-bond acceptors (Lipinski definition) is 6. The molecule has 0 bridgehead atoms. The Morgan fingerprint density at radius 2 is 1.81 bits per heavy atom. The van der Waals surface area contributed by atoms with Crippen molar-refractivity contribution < 1.29 is 22.7 Å². The number of carbonyl (C=O) groups excluding carboxylic acids is 1. The first-order chi connectivity index (χ1) is 14.8. The Kier molecular flexibility index (Phi) is 5.71. The summed E-state index contributed by atoms with van der Waals surface area (Å²) < 4.78 is 38.5. The zero-order valence-corrected chi connectivity index (χ0v) is 17.7. The molecule has 31 heavy (non-hydrogen) atoms. The highest BCUT2D eigenvalue weighted by Crippen LogP contribution is 2.36. The van der Waals surface area contributed by atoms with Gasteiger partial charge in [0.15, 0.2) is 9.84 Å². The van der Waals surface area contributed by atoms with Crippen molar-refractivity contribution in [1.29, 1.82) is 0 Å². The van der Waals surface area contributed by atoms with Crippen LogP contribution in [0.3, 0.4) is 0 Å². The third-order valence-corrected chi connectivity index (χ3v) is 7.38. The van der Waals surface area contributed by atoms with Gasteiger partial charge in [-0.25, -0.2) is 17.8 Å².